The average Bonchev–Trinajstić information content (AvgIpc) is 3.56. The summed E-state index contributed by atoms with van der Waals surface area (Å²) in [7, 11) is 0. The van der Waals surface area contributed by atoms with Crippen LogP contribution in [0, 0.1) is 0 Å². The van der Waals surface area contributed by atoms with E-state index in [0.717, 1.165) is 31.4 Å². The van der Waals surface area contributed by atoms with Gasteiger partial charge in [-0.25, -0.2) is 0 Å². The van der Waals surface area contributed by atoms with Gasteiger partial charge in [-0.1, -0.05) is 18.6 Å². The highest BCUT2D eigenvalue weighted by Gasteiger charge is 2.33. The first-order chi connectivity index (χ1) is 13.8. The molecule has 0 amide bonds. The van der Waals surface area contributed by atoms with E-state index in [1.807, 2.05) is 0 Å². The first-order valence-electron chi connectivity index (χ1n) is 11.7. The number of hydrogen-bond donors (Lipinski definition) is 0. The minimum Gasteiger partial charge on any atom is -0.494 e. The molecule has 1 aromatic carbocycles. The Morgan fingerprint density at radius 1 is 1.00 bits per heavy atom. The van der Waals surface area contributed by atoms with Crippen molar-refractivity contribution in [1.29, 1.82) is 0 Å². The zero-order valence-corrected chi connectivity index (χ0v) is 17.8. The molecule has 1 aliphatic carbocycles. The van der Waals surface area contributed by atoms with Gasteiger partial charge in [0, 0.05) is 38.3 Å². The minimum absolute atomic E-state index is 0.647. The van der Waals surface area contributed by atoms with Gasteiger partial charge in [-0.05, 0) is 82.8 Å². The van der Waals surface area contributed by atoms with E-state index in [9.17, 15) is 0 Å². The molecule has 0 radical (unpaired) electrons. The van der Waals surface area contributed by atoms with Crippen molar-refractivity contribution in [1.82, 2.24) is 14.7 Å². The molecule has 0 bridgehead atoms. The Kier molecular flexibility index (Phi) is 7.27. The molecule has 0 N–H and O–H groups in total. The van der Waals surface area contributed by atoms with Crippen molar-refractivity contribution < 1.29 is 4.74 Å². The number of piperidine rings is 1. The molecule has 3 fully saturated rings. The number of unbranched alkanes of at least 4 members (excludes halogenated alkanes) is 1. The van der Waals surface area contributed by atoms with Gasteiger partial charge in [0.05, 0.1) is 6.61 Å². The summed E-state index contributed by atoms with van der Waals surface area (Å²) in [4.78, 5) is 7.95. The fourth-order valence-corrected chi connectivity index (χ4v) is 4.81. The van der Waals surface area contributed by atoms with E-state index < -0.39 is 0 Å². The zero-order valence-electron chi connectivity index (χ0n) is 17.8. The van der Waals surface area contributed by atoms with Crippen LogP contribution in [0.25, 0.3) is 0 Å². The monoisotopic (exact) mass is 385 g/mol. The lowest BCUT2D eigenvalue weighted by molar-refractivity contribution is 0.0729. The molecule has 0 spiro atoms. The molecule has 28 heavy (non-hydrogen) atoms. The van der Waals surface area contributed by atoms with Crippen molar-refractivity contribution in [3.05, 3.63) is 29.8 Å². The molecular weight excluding hydrogens is 346 g/mol. The van der Waals surface area contributed by atoms with Crippen molar-refractivity contribution in [2.45, 2.75) is 70.5 Å². The first-order valence-corrected chi connectivity index (χ1v) is 11.7. The maximum Gasteiger partial charge on any atom is 0.119 e. The van der Waals surface area contributed by atoms with Gasteiger partial charge < -0.3 is 9.64 Å². The molecule has 1 unspecified atom stereocenters. The quantitative estimate of drug-likeness (QED) is 0.598. The van der Waals surface area contributed by atoms with Crippen LogP contribution in [-0.2, 0) is 6.54 Å². The van der Waals surface area contributed by atoms with Gasteiger partial charge in [0.1, 0.15) is 5.75 Å². The second kappa shape index (κ2) is 10.1. The maximum absolute atomic E-state index is 6.06. The summed E-state index contributed by atoms with van der Waals surface area (Å²) in [5.74, 6) is 1.04. The molecule has 1 aromatic rings. The Bertz CT molecular complexity index is 597. The van der Waals surface area contributed by atoms with Gasteiger partial charge in [0.25, 0.3) is 0 Å². The number of ether oxygens (including phenoxy) is 1. The third kappa shape index (κ3) is 5.95. The van der Waals surface area contributed by atoms with Crippen LogP contribution in [0.3, 0.4) is 0 Å². The third-order valence-electron chi connectivity index (χ3n) is 6.73. The normalized spacial score (nSPS) is 25.1. The van der Waals surface area contributed by atoms with Crippen LogP contribution >= 0.6 is 0 Å². The van der Waals surface area contributed by atoms with Crippen molar-refractivity contribution in [2.75, 3.05) is 45.9 Å². The molecule has 4 rings (SSSR count). The smallest absolute Gasteiger partial charge is 0.119 e. The first kappa shape index (κ1) is 20.2. The lowest BCUT2D eigenvalue weighted by atomic mass is 10.1. The Morgan fingerprint density at radius 3 is 2.64 bits per heavy atom. The summed E-state index contributed by atoms with van der Waals surface area (Å²) in [6.45, 7) is 11.8. The Balaban J connectivity index is 1.16. The van der Waals surface area contributed by atoms with E-state index >= 15 is 0 Å². The fraction of sp³-hybridized carbons (Fsp3) is 0.750. The average molecular weight is 386 g/mol. The Morgan fingerprint density at radius 2 is 1.86 bits per heavy atom. The SMILES string of the molecule is CC1CN(C2CC2)CCN1Cc1cccc(OCCCCN2CCCCC2)c1. The van der Waals surface area contributed by atoms with Gasteiger partial charge in [-0.2, -0.15) is 0 Å². The molecule has 0 aromatic heterocycles. The molecule has 1 saturated carbocycles. The second-order valence-electron chi connectivity index (χ2n) is 9.15. The van der Waals surface area contributed by atoms with Crippen LogP contribution in [0.4, 0.5) is 0 Å². The molecular formula is C24H39N3O. The highest BCUT2D eigenvalue weighted by molar-refractivity contribution is 5.28. The number of benzene rings is 1. The Labute approximate surface area is 171 Å². The molecule has 3 aliphatic rings. The van der Waals surface area contributed by atoms with Crippen LogP contribution in [0.15, 0.2) is 24.3 Å². The number of piperazine rings is 1. The fourth-order valence-electron chi connectivity index (χ4n) is 4.81. The summed E-state index contributed by atoms with van der Waals surface area (Å²) in [6, 6.07) is 10.3. The van der Waals surface area contributed by atoms with Crippen LogP contribution < -0.4 is 4.74 Å². The number of nitrogens with zero attached hydrogens (tertiary/aromatic N) is 3. The highest BCUT2D eigenvalue weighted by atomic mass is 16.5. The summed E-state index contributed by atoms with van der Waals surface area (Å²) >= 11 is 0. The van der Waals surface area contributed by atoms with Gasteiger partial charge >= 0.3 is 0 Å². The van der Waals surface area contributed by atoms with Crippen molar-refractivity contribution in [3.8, 4) is 5.75 Å². The molecule has 2 heterocycles. The highest BCUT2D eigenvalue weighted by Crippen LogP contribution is 2.29. The predicted molar refractivity (Wildman–Crippen MR) is 116 cm³/mol. The van der Waals surface area contributed by atoms with E-state index in [1.54, 1.807) is 0 Å². The van der Waals surface area contributed by atoms with Gasteiger partial charge in [0.15, 0.2) is 0 Å². The summed E-state index contributed by atoms with van der Waals surface area (Å²) < 4.78 is 6.06. The second-order valence-corrected chi connectivity index (χ2v) is 9.15. The van der Waals surface area contributed by atoms with Crippen LogP contribution in [0.1, 0.15) is 57.4 Å². The summed E-state index contributed by atoms with van der Waals surface area (Å²) in [5, 5.41) is 0. The van der Waals surface area contributed by atoms with E-state index in [0.29, 0.717) is 6.04 Å². The molecule has 1 atom stereocenters. The van der Waals surface area contributed by atoms with E-state index in [1.165, 1.54) is 83.4 Å². The van der Waals surface area contributed by atoms with Crippen LogP contribution in [0.5, 0.6) is 5.75 Å². The minimum atomic E-state index is 0.647. The standard InChI is InChI=1S/C24H39N3O/c1-21-19-27(23-10-11-23)16-15-26(21)20-22-8-7-9-24(18-22)28-17-6-5-14-25-12-3-2-4-13-25/h7-9,18,21,23H,2-6,10-17,19-20H2,1H3. The summed E-state index contributed by atoms with van der Waals surface area (Å²) in [6.07, 6.45) is 9.44. The molecule has 156 valence electrons. The van der Waals surface area contributed by atoms with Gasteiger partial charge in [0.2, 0.25) is 0 Å². The molecule has 4 heteroatoms. The number of likely N-dealkylation sites (tertiary alicyclic amines) is 1. The molecule has 2 aliphatic heterocycles. The largest absolute Gasteiger partial charge is 0.494 e. The van der Waals surface area contributed by atoms with Crippen LogP contribution in [0.2, 0.25) is 0 Å². The topological polar surface area (TPSA) is 19.0 Å². The lowest BCUT2D eigenvalue weighted by Crippen LogP contribution is -2.51. The molecule has 4 nitrogen and oxygen atoms in total. The van der Waals surface area contributed by atoms with Gasteiger partial charge in [-0.3, -0.25) is 9.80 Å². The number of hydrogen-bond acceptors (Lipinski definition) is 4. The van der Waals surface area contributed by atoms with E-state index in [4.69, 9.17) is 4.74 Å². The third-order valence-corrected chi connectivity index (χ3v) is 6.73. The zero-order chi connectivity index (χ0) is 19.2. The van der Waals surface area contributed by atoms with Crippen molar-refractivity contribution in [3.63, 3.8) is 0 Å². The predicted octanol–water partition coefficient (Wildman–Crippen LogP) is 4.00. The Hall–Kier alpha value is -1.10. The van der Waals surface area contributed by atoms with Crippen molar-refractivity contribution in [2.24, 2.45) is 0 Å². The molecule has 2 saturated heterocycles. The van der Waals surface area contributed by atoms with E-state index in [-0.39, 0.29) is 0 Å². The maximum atomic E-state index is 6.06. The van der Waals surface area contributed by atoms with Crippen LogP contribution in [-0.4, -0.2) is 72.7 Å². The number of rotatable bonds is 9. The van der Waals surface area contributed by atoms with Gasteiger partial charge in [-0.15, -0.1) is 0 Å². The van der Waals surface area contributed by atoms with E-state index in [2.05, 4.69) is 45.9 Å². The summed E-state index contributed by atoms with van der Waals surface area (Å²) in [5.41, 5.74) is 1.39. The lowest BCUT2D eigenvalue weighted by Gasteiger charge is -2.40. The van der Waals surface area contributed by atoms with Crippen molar-refractivity contribution >= 4 is 0 Å².